The van der Waals surface area contributed by atoms with E-state index in [0.717, 1.165) is 0 Å². The van der Waals surface area contributed by atoms with Crippen molar-refractivity contribution >= 4 is 23.6 Å². The fourth-order valence-corrected chi connectivity index (χ4v) is 2.57. The number of nitrogens with zero attached hydrogens (tertiary/aromatic N) is 1. The van der Waals surface area contributed by atoms with Crippen LogP contribution in [0.1, 0.15) is 19.3 Å². The molecule has 1 amide bonds. The lowest BCUT2D eigenvalue weighted by atomic mass is 10.3. The first-order chi connectivity index (χ1) is 10.0. The summed E-state index contributed by atoms with van der Waals surface area (Å²) in [6.07, 6.45) is 1.22. The third-order valence-electron chi connectivity index (χ3n) is 2.94. The smallest absolute Gasteiger partial charge is 0.305 e. The minimum Gasteiger partial charge on any atom is -0.469 e. The molecule has 116 valence electrons. The molecule has 0 bridgehead atoms. The lowest BCUT2D eigenvalue weighted by Gasteiger charge is -2.16. The highest BCUT2D eigenvalue weighted by atomic mass is 32.2. The predicted octanol–water partition coefficient (Wildman–Crippen LogP) is 2.72. The molecule has 0 spiro atoms. The van der Waals surface area contributed by atoms with Crippen molar-refractivity contribution in [2.45, 2.75) is 24.2 Å². The van der Waals surface area contributed by atoms with Gasteiger partial charge in [0.25, 0.3) is 0 Å². The zero-order valence-corrected chi connectivity index (χ0v) is 13.1. The van der Waals surface area contributed by atoms with E-state index in [1.165, 1.54) is 24.9 Å². The van der Waals surface area contributed by atoms with Crippen LogP contribution in [0.25, 0.3) is 0 Å². The summed E-state index contributed by atoms with van der Waals surface area (Å²) in [7, 11) is 3.05. The zero-order chi connectivity index (χ0) is 15.7. The van der Waals surface area contributed by atoms with Gasteiger partial charge in [-0.15, -0.1) is 11.8 Å². The molecule has 0 fully saturated rings. The van der Waals surface area contributed by atoms with Gasteiger partial charge in [-0.2, -0.15) is 0 Å². The summed E-state index contributed by atoms with van der Waals surface area (Å²) in [5.74, 6) is -0.0165. The molecule has 0 atom stereocenters. The van der Waals surface area contributed by atoms with Crippen LogP contribution in [-0.4, -0.2) is 43.2 Å². The van der Waals surface area contributed by atoms with Crippen LogP contribution in [0.4, 0.5) is 4.39 Å². The van der Waals surface area contributed by atoms with Gasteiger partial charge in [0, 0.05) is 37.1 Å². The quantitative estimate of drug-likeness (QED) is 0.547. The van der Waals surface area contributed by atoms with Gasteiger partial charge in [-0.3, -0.25) is 9.59 Å². The lowest BCUT2D eigenvalue weighted by Crippen LogP contribution is -2.28. The summed E-state index contributed by atoms with van der Waals surface area (Å²) in [5.41, 5.74) is 0. The Balaban J connectivity index is 2.24. The molecule has 0 saturated heterocycles. The average Bonchev–Trinajstić information content (AvgIpc) is 2.48. The van der Waals surface area contributed by atoms with E-state index >= 15 is 0 Å². The van der Waals surface area contributed by atoms with Crippen LogP contribution in [0, 0.1) is 5.82 Å². The molecule has 0 aliphatic carbocycles. The Hall–Kier alpha value is -1.56. The van der Waals surface area contributed by atoms with E-state index in [1.54, 1.807) is 30.1 Å². The Labute approximate surface area is 128 Å². The number of carbonyl (C=O) groups excluding carboxylic acids is 2. The van der Waals surface area contributed by atoms with Crippen LogP contribution >= 0.6 is 11.8 Å². The summed E-state index contributed by atoms with van der Waals surface area (Å²) >= 11 is 1.33. The SMILES string of the molecule is COC(=O)CCCN(C)C(=O)CCSc1ccccc1F. The predicted molar refractivity (Wildman–Crippen MR) is 80.6 cm³/mol. The van der Waals surface area contributed by atoms with Crippen molar-refractivity contribution in [2.75, 3.05) is 26.5 Å². The second kappa shape index (κ2) is 9.39. The van der Waals surface area contributed by atoms with E-state index in [4.69, 9.17) is 0 Å². The number of thioether (sulfide) groups is 1. The van der Waals surface area contributed by atoms with Crippen molar-refractivity contribution in [2.24, 2.45) is 0 Å². The fourth-order valence-electron chi connectivity index (χ4n) is 1.69. The van der Waals surface area contributed by atoms with Crippen LogP contribution < -0.4 is 0 Å². The molecule has 1 aromatic rings. The van der Waals surface area contributed by atoms with Gasteiger partial charge >= 0.3 is 5.97 Å². The van der Waals surface area contributed by atoms with Gasteiger partial charge in [0.05, 0.1) is 7.11 Å². The highest BCUT2D eigenvalue weighted by Crippen LogP contribution is 2.21. The Morgan fingerprint density at radius 1 is 1.29 bits per heavy atom. The highest BCUT2D eigenvalue weighted by molar-refractivity contribution is 7.99. The van der Waals surface area contributed by atoms with E-state index in [9.17, 15) is 14.0 Å². The monoisotopic (exact) mass is 313 g/mol. The molecule has 21 heavy (non-hydrogen) atoms. The molecule has 0 N–H and O–H groups in total. The van der Waals surface area contributed by atoms with Gasteiger partial charge in [0.2, 0.25) is 5.91 Å². The first-order valence-corrected chi connectivity index (χ1v) is 7.71. The number of ether oxygens (including phenoxy) is 1. The average molecular weight is 313 g/mol. The third-order valence-corrected chi connectivity index (χ3v) is 3.99. The molecule has 4 nitrogen and oxygen atoms in total. The van der Waals surface area contributed by atoms with E-state index in [0.29, 0.717) is 36.5 Å². The van der Waals surface area contributed by atoms with Crippen LogP contribution in [0.5, 0.6) is 0 Å². The molecule has 0 heterocycles. The van der Waals surface area contributed by atoms with Crippen molar-refractivity contribution in [1.29, 1.82) is 0 Å². The molecule has 1 aromatic carbocycles. The first kappa shape index (κ1) is 17.5. The Bertz CT molecular complexity index is 482. The third kappa shape index (κ3) is 6.62. The topological polar surface area (TPSA) is 46.6 Å². The van der Waals surface area contributed by atoms with E-state index < -0.39 is 0 Å². The summed E-state index contributed by atoms with van der Waals surface area (Å²) in [4.78, 5) is 25.0. The van der Waals surface area contributed by atoms with Gasteiger partial charge < -0.3 is 9.64 Å². The first-order valence-electron chi connectivity index (χ1n) is 6.72. The number of hydrogen-bond donors (Lipinski definition) is 0. The Kier molecular flexibility index (Phi) is 7.82. The number of rotatable bonds is 8. The number of benzene rings is 1. The second-order valence-corrected chi connectivity index (χ2v) is 5.66. The summed E-state index contributed by atoms with van der Waals surface area (Å²) in [5, 5.41) is 0. The number of halogens is 1. The van der Waals surface area contributed by atoms with Crippen molar-refractivity contribution in [3.8, 4) is 0 Å². The summed E-state index contributed by atoms with van der Waals surface area (Å²) < 4.78 is 17.9. The maximum absolute atomic E-state index is 13.4. The second-order valence-electron chi connectivity index (χ2n) is 4.52. The van der Waals surface area contributed by atoms with Crippen LogP contribution in [0.3, 0.4) is 0 Å². The van der Waals surface area contributed by atoms with Gasteiger partial charge in [0.15, 0.2) is 0 Å². The van der Waals surface area contributed by atoms with Crippen LogP contribution in [0.2, 0.25) is 0 Å². The van der Waals surface area contributed by atoms with Crippen LogP contribution in [-0.2, 0) is 14.3 Å². The minimum atomic E-state index is -0.272. The molecular formula is C15H20FNO3S. The maximum atomic E-state index is 13.4. The number of esters is 1. The van der Waals surface area contributed by atoms with Crippen LogP contribution in [0.15, 0.2) is 29.2 Å². The van der Waals surface area contributed by atoms with Crippen molar-refractivity contribution < 1.29 is 18.7 Å². The molecule has 6 heteroatoms. The summed E-state index contributed by atoms with van der Waals surface area (Å²) in [6.45, 7) is 0.512. The van der Waals surface area contributed by atoms with Crippen molar-refractivity contribution in [3.05, 3.63) is 30.1 Å². The van der Waals surface area contributed by atoms with Crippen molar-refractivity contribution in [3.63, 3.8) is 0 Å². The normalized spacial score (nSPS) is 10.2. The fraction of sp³-hybridized carbons (Fsp3) is 0.467. The molecule has 1 rings (SSSR count). The van der Waals surface area contributed by atoms with Gasteiger partial charge in [-0.25, -0.2) is 4.39 Å². The van der Waals surface area contributed by atoms with Gasteiger partial charge in [-0.05, 0) is 18.6 Å². The molecule has 0 saturated carbocycles. The molecule has 0 unspecified atom stereocenters. The summed E-state index contributed by atoms with van der Waals surface area (Å²) in [6, 6.07) is 6.51. The minimum absolute atomic E-state index is 0.0105. The molecule has 0 aromatic heterocycles. The molecule has 0 radical (unpaired) electrons. The van der Waals surface area contributed by atoms with E-state index in [1.807, 2.05) is 0 Å². The maximum Gasteiger partial charge on any atom is 0.305 e. The lowest BCUT2D eigenvalue weighted by molar-refractivity contribution is -0.141. The standard InChI is InChI=1S/C15H20FNO3S/c1-17(10-5-8-15(19)20-2)14(18)9-11-21-13-7-4-3-6-12(13)16/h3-4,6-7H,5,8-11H2,1-2H3. The Morgan fingerprint density at radius 3 is 2.67 bits per heavy atom. The zero-order valence-electron chi connectivity index (χ0n) is 12.3. The van der Waals surface area contributed by atoms with Crippen molar-refractivity contribution in [1.82, 2.24) is 4.90 Å². The van der Waals surface area contributed by atoms with E-state index in [2.05, 4.69) is 4.74 Å². The number of methoxy groups -OCH3 is 1. The number of carbonyl (C=O) groups is 2. The van der Waals surface area contributed by atoms with Gasteiger partial charge in [0.1, 0.15) is 5.82 Å². The largest absolute Gasteiger partial charge is 0.469 e. The molecular weight excluding hydrogens is 293 g/mol. The highest BCUT2D eigenvalue weighted by Gasteiger charge is 2.10. The van der Waals surface area contributed by atoms with Gasteiger partial charge in [-0.1, -0.05) is 12.1 Å². The number of hydrogen-bond acceptors (Lipinski definition) is 4. The Morgan fingerprint density at radius 2 is 2.00 bits per heavy atom. The number of amides is 1. The molecule has 0 aliphatic heterocycles. The molecule has 0 aliphatic rings. The van der Waals surface area contributed by atoms with E-state index in [-0.39, 0.29) is 17.7 Å².